The molecule has 0 aliphatic carbocycles. The zero-order valence-electron chi connectivity index (χ0n) is 16.7. The maximum Gasteiger partial charge on any atom is 0.276 e. The summed E-state index contributed by atoms with van der Waals surface area (Å²) in [5.74, 6) is 0. The molecule has 0 aliphatic rings. The van der Waals surface area contributed by atoms with Crippen molar-refractivity contribution in [1.29, 1.82) is 0 Å². The summed E-state index contributed by atoms with van der Waals surface area (Å²) in [4.78, 5) is 21.6. The van der Waals surface area contributed by atoms with Crippen molar-refractivity contribution in [2.45, 2.75) is 5.41 Å². The second-order valence-corrected chi connectivity index (χ2v) is 7.98. The summed E-state index contributed by atoms with van der Waals surface area (Å²) >= 11 is 7.20. The molecule has 3 aromatic carbocycles. The molecule has 0 aliphatic heterocycles. The number of carbonyl (C=O) groups is 1. The molecule has 1 aromatic heterocycles. The molecule has 0 saturated heterocycles. The number of hydrogen-bond donors (Lipinski definition) is 0. The van der Waals surface area contributed by atoms with Crippen LogP contribution in [0.5, 0.6) is 0 Å². The minimum Gasteiger partial charge on any atom is -0.398 e. The number of halogens is 1. The fourth-order valence-electron chi connectivity index (χ4n) is 3.76. The van der Waals surface area contributed by atoms with E-state index in [9.17, 15) is 4.79 Å². The molecule has 0 spiro atoms. The first-order chi connectivity index (χ1) is 15.2. The van der Waals surface area contributed by atoms with Crippen molar-refractivity contribution in [3.05, 3.63) is 124 Å². The Balaban J connectivity index is 2.05. The first kappa shape index (κ1) is 21.0. The van der Waals surface area contributed by atoms with Gasteiger partial charge in [0, 0.05) is 5.38 Å². The van der Waals surface area contributed by atoms with Crippen LogP contribution in [-0.2, 0) is 15.0 Å². The molecular formula is C25H19ClN2O2S. The summed E-state index contributed by atoms with van der Waals surface area (Å²) in [5.41, 5.74) is 2.88. The largest absolute Gasteiger partial charge is 0.398 e. The van der Waals surface area contributed by atoms with Gasteiger partial charge in [0.25, 0.3) is 5.24 Å². The van der Waals surface area contributed by atoms with Crippen LogP contribution in [0.25, 0.3) is 0 Å². The van der Waals surface area contributed by atoms with Gasteiger partial charge >= 0.3 is 0 Å². The lowest BCUT2D eigenvalue weighted by Gasteiger charge is -2.34. The molecule has 0 atom stereocenters. The highest BCUT2D eigenvalue weighted by atomic mass is 35.5. The number of carbonyl (C=O) groups excluding carboxylic acids is 1. The lowest BCUT2D eigenvalue weighted by atomic mass is 9.70. The molecule has 6 heteroatoms. The topological polar surface area (TPSA) is 51.5 Å². The van der Waals surface area contributed by atoms with E-state index < -0.39 is 10.7 Å². The smallest absolute Gasteiger partial charge is 0.276 e. The number of hydrogen-bond acceptors (Lipinski definition) is 5. The summed E-state index contributed by atoms with van der Waals surface area (Å²) in [6.07, 6.45) is 0. The van der Waals surface area contributed by atoms with E-state index in [1.165, 1.54) is 18.4 Å². The first-order valence-corrected chi connectivity index (χ1v) is 10.9. The number of benzene rings is 3. The Labute approximate surface area is 189 Å². The van der Waals surface area contributed by atoms with Gasteiger partial charge in [-0.05, 0) is 28.3 Å². The van der Waals surface area contributed by atoms with E-state index in [2.05, 4.69) is 41.6 Å². The molecule has 0 unspecified atom stereocenters. The third-order valence-corrected chi connectivity index (χ3v) is 6.20. The van der Waals surface area contributed by atoms with Crippen molar-refractivity contribution in [3.63, 3.8) is 0 Å². The average Bonchev–Trinajstić information content (AvgIpc) is 3.30. The van der Waals surface area contributed by atoms with Gasteiger partial charge in [0.1, 0.15) is 17.8 Å². The second kappa shape index (κ2) is 9.25. The monoisotopic (exact) mass is 446 g/mol. The Morgan fingerprint density at radius 3 is 1.71 bits per heavy atom. The van der Waals surface area contributed by atoms with Crippen molar-refractivity contribution in [2.75, 3.05) is 7.11 Å². The Morgan fingerprint density at radius 2 is 1.32 bits per heavy atom. The van der Waals surface area contributed by atoms with E-state index in [4.69, 9.17) is 21.4 Å². The van der Waals surface area contributed by atoms with Crippen LogP contribution < -0.4 is 0 Å². The quantitative estimate of drug-likeness (QED) is 0.160. The highest BCUT2D eigenvalue weighted by Crippen LogP contribution is 2.46. The van der Waals surface area contributed by atoms with Gasteiger partial charge < -0.3 is 4.84 Å². The third kappa shape index (κ3) is 3.90. The van der Waals surface area contributed by atoms with E-state index in [1.807, 2.05) is 54.6 Å². The molecule has 0 N–H and O–H groups in total. The number of rotatable bonds is 7. The summed E-state index contributed by atoms with van der Waals surface area (Å²) < 4.78 is 0. The minimum absolute atomic E-state index is 0.0187. The van der Waals surface area contributed by atoms with Crippen LogP contribution in [0.4, 0.5) is 0 Å². The Morgan fingerprint density at radius 1 is 0.871 bits per heavy atom. The maximum atomic E-state index is 11.9. The molecule has 0 amide bonds. The van der Waals surface area contributed by atoms with Gasteiger partial charge in [0.05, 0.1) is 5.41 Å². The van der Waals surface area contributed by atoms with E-state index in [0.29, 0.717) is 5.69 Å². The number of nitrogens with zero attached hydrogens (tertiary/aromatic N) is 2. The van der Waals surface area contributed by atoms with E-state index in [0.717, 1.165) is 21.7 Å². The molecular weight excluding hydrogens is 428 g/mol. The molecule has 4 nitrogen and oxygen atoms in total. The van der Waals surface area contributed by atoms with Crippen LogP contribution in [0.15, 0.2) is 102 Å². The van der Waals surface area contributed by atoms with Gasteiger partial charge in [-0.3, -0.25) is 4.79 Å². The van der Waals surface area contributed by atoms with Crippen molar-refractivity contribution < 1.29 is 9.63 Å². The molecule has 0 bridgehead atoms. The Kier molecular flexibility index (Phi) is 6.26. The van der Waals surface area contributed by atoms with Gasteiger partial charge in [-0.1, -0.05) is 96.2 Å². The number of thiazole rings is 1. The van der Waals surface area contributed by atoms with Crippen LogP contribution in [-0.4, -0.2) is 23.0 Å². The lowest BCUT2D eigenvalue weighted by molar-refractivity contribution is -0.106. The minimum atomic E-state index is -0.719. The van der Waals surface area contributed by atoms with Gasteiger partial charge in [0.15, 0.2) is 5.71 Å². The molecule has 154 valence electrons. The van der Waals surface area contributed by atoms with Gasteiger partial charge in [0.2, 0.25) is 0 Å². The highest BCUT2D eigenvalue weighted by Gasteiger charge is 2.41. The van der Waals surface area contributed by atoms with Crippen molar-refractivity contribution in [3.8, 4) is 0 Å². The van der Waals surface area contributed by atoms with Crippen molar-refractivity contribution >= 4 is 33.9 Å². The third-order valence-electron chi connectivity index (χ3n) is 5.06. The fraction of sp³-hybridized carbons (Fsp3) is 0.0800. The van der Waals surface area contributed by atoms with Gasteiger partial charge in [-0.2, -0.15) is 0 Å². The molecule has 31 heavy (non-hydrogen) atoms. The number of oxime groups is 1. The standard InChI is InChI=1S/C25H19ClN2O2S/c1-30-28-22(23(26)29)21-17-31-24(27-21)25(18-11-5-2-6-12-18,19-13-7-3-8-14-19)20-15-9-4-10-16-20/h2-17H,1H3. The van der Waals surface area contributed by atoms with Crippen LogP contribution >= 0.6 is 22.9 Å². The van der Waals surface area contributed by atoms with E-state index in [-0.39, 0.29) is 5.71 Å². The first-order valence-electron chi connectivity index (χ1n) is 9.62. The summed E-state index contributed by atoms with van der Waals surface area (Å²) in [6.45, 7) is 0. The van der Waals surface area contributed by atoms with Crippen LogP contribution in [0, 0.1) is 0 Å². The maximum absolute atomic E-state index is 11.9. The molecule has 1 heterocycles. The zero-order valence-corrected chi connectivity index (χ0v) is 18.3. The van der Waals surface area contributed by atoms with Crippen molar-refractivity contribution in [2.24, 2.45) is 5.16 Å². The predicted molar refractivity (Wildman–Crippen MR) is 125 cm³/mol. The predicted octanol–water partition coefficient (Wildman–Crippen LogP) is 5.64. The van der Waals surface area contributed by atoms with Crippen LogP contribution in [0.3, 0.4) is 0 Å². The Hall–Kier alpha value is -3.28. The average molecular weight is 447 g/mol. The zero-order chi connectivity index (χ0) is 21.7. The molecule has 4 aromatic rings. The molecule has 0 saturated carbocycles. The van der Waals surface area contributed by atoms with Crippen LogP contribution in [0.2, 0.25) is 0 Å². The SMILES string of the molecule is CON=C(C(=O)Cl)c1csc(C(c2ccccc2)(c2ccccc2)c2ccccc2)n1. The fourth-order valence-corrected chi connectivity index (χ4v) is 4.96. The van der Waals surface area contributed by atoms with E-state index >= 15 is 0 Å². The molecule has 0 radical (unpaired) electrons. The Bertz CT molecular complexity index is 1100. The number of aromatic nitrogens is 1. The molecule has 4 rings (SSSR count). The summed E-state index contributed by atoms with van der Waals surface area (Å²) in [7, 11) is 1.37. The summed E-state index contributed by atoms with van der Waals surface area (Å²) in [5, 5.41) is 5.66. The highest BCUT2D eigenvalue weighted by molar-refractivity contribution is 7.10. The lowest BCUT2D eigenvalue weighted by Crippen LogP contribution is -2.31. The van der Waals surface area contributed by atoms with Crippen molar-refractivity contribution in [1.82, 2.24) is 4.98 Å². The van der Waals surface area contributed by atoms with Gasteiger partial charge in [-0.25, -0.2) is 4.98 Å². The second-order valence-electron chi connectivity index (χ2n) is 6.78. The molecule has 0 fully saturated rings. The van der Waals surface area contributed by atoms with Crippen LogP contribution in [0.1, 0.15) is 27.4 Å². The summed E-state index contributed by atoms with van der Waals surface area (Å²) in [6, 6.07) is 30.7. The normalized spacial score (nSPS) is 11.9. The van der Waals surface area contributed by atoms with Gasteiger partial charge in [-0.15, -0.1) is 11.3 Å². The van der Waals surface area contributed by atoms with E-state index in [1.54, 1.807) is 5.38 Å².